The van der Waals surface area contributed by atoms with Crippen LogP contribution in [0.2, 0.25) is 0 Å². The van der Waals surface area contributed by atoms with Crippen molar-refractivity contribution in [3.05, 3.63) is 187 Å². The highest BCUT2D eigenvalue weighted by Crippen LogP contribution is 2.66. The fraction of sp³-hybridized carbons (Fsp3) is 0.190. The number of fused-ring (bicyclic) bond motifs is 11. The topological polar surface area (TPSA) is 38.7 Å². The summed E-state index contributed by atoms with van der Waals surface area (Å²) in [6, 6.07) is 64.2. The Morgan fingerprint density at radius 1 is 0.410 bits per heavy atom. The molecule has 2 fully saturated rings. The molecule has 0 N–H and O–H groups in total. The second kappa shape index (κ2) is 14.2. The van der Waals surface area contributed by atoms with Gasteiger partial charge in [-0.05, 0) is 146 Å². The first kappa shape index (κ1) is 36.2. The number of rotatable bonds is 5. The van der Waals surface area contributed by atoms with Crippen LogP contribution in [0.25, 0.3) is 89.1 Å². The third-order valence-corrected chi connectivity index (χ3v) is 14.6. The van der Waals surface area contributed by atoms with Gasteiger partial charge < -0.3 is 0 Å². The molecule has 3 aliphatic carbocycles. The van der Waals surface area contributed by atoms with Crippen molar-refractivity contribution in [1.82, 2.24) is 15.0 Å². The van der Waals surface area contributed by atoms with Gasteiger partial charge in [0.15, 0.2) is 17.5 Å². The minimum atomic E-state index is 0.00835. The number of hydrogen-bond donors (Lipinski definition) is 0. The Kier molecular flexibility index (Phi) is 8.42. The van der Waals surface area contributed by atoms with Gasteiger partial charge in [0.25, 0.3) is 0 Å². The molecule has 3 nitrogen and oxygen atoms in total. The molecule has 5 atom stereocenters. The Hall–Kier alpha value is -6.71. The van der Waals surface area contributed by atoms with Crippen LogP contribution in [0.4, 0.5) is 0 Å². The first-order valence-electron chi connectivity index (χ1n) is 22.2. The van der Waals surface area contributed by atoms with Crippen LogP contribution in [0.5, 0.6) is 0 Å². The van der Waals surface area contributed by atoms with Crippen molar-refractivity contribution >= 4 is 21.5 Å². The highest BCUT2D eigenvalue weighted by molar-refractivity contribution is 6.05. The van der Waals surface area contributed by atoms with Gasteiger partial charge >= 0.3 is 0 Å². The van der Waals surface area contributed by atoms with Crippen LogP contribution in [-0.2, 0) is 5.41 Å². The molecular weight excluding hydrogens is 739 g/mol. The van der Waals surface area contributed by atoms with E-state index in [1.807, 2.05) is 36.4 Å². The summed E-state index contributed by atoms with van der Waals surface area (Å²) in [5.41, 5.74) is 13.7. The second-order valence-corrected chi connectivity index (χ2v) is 18.2. The van der Waals surface area contributed by atoms with Gasteiger partial charge in [-0.15, -0.1) is 0 Å². The summed E-state index contributed by atoms with van der Waals surface area (Å²) in [6.45, 7) is 5.09. The van der Waals surface area contributed by atoms with Crippen molar-refractivity contribution in [2.45, 2.75) is 44.9 Å². The van der Waals surface area contributed by atoms with Crippen LogP contribution < -0.4 is 0 Å². The fourth-order valence-electron chi connectivity index (χ4n) is 12.1. The molecular formula is C58H47N3. The highest BCUT2D eigenvalue weighted by Gasteiger charge is 2.57. The van der Waals surface area contributed by atoms with Crippen molar-refractivity contribution < 1.29 is 0 Å². The Balaban J connectivity index is 0.969. The summed E-state index contributed by atoms with van der Waals surface area (Å²) in [5, 5.41) is 5.46. The van der Waals surface area contributed by atoms with E-state index in [1.165, 1.54) is 75.0 Å². The average molecular weight is 786 g/mol. The molecule has 5 unspecified atom stereocenters. The van der Waals surface area contributed by atoms with Gasteiger partial charge in [-0.1, -0.05) is 159 Å². The molecule has 8 aromatic carbocycles. The first-order chi connectivity index (χ1) is 30.0. The molecule has 61 heavy (non-hydrogen) atoms. The maximum atomic E-state index is 5.03. The van der Waals surface area contributed by atoms with Crippen molar-refractivity contribution in [1.29, 1.82) is 0 Å². The summed E-state index contributed by atoms with van der Waals surface area (Å²) in [4.78, 5) is 15.0. The Morgan fingerprint density at radius 3 is 1.64 bits per heavy atom. The molecule has 0 amide bonds. The SMILES string of the molecule is CC1CC2CC(C)C3(c4ccc(-c5cccc(-c6cccc(-c7nc(-c8ccccc8)nc(-c8ccccc8)n7)c6)c5)cc4-c4ccc5cc6ccccc6cc5c43)C(C1)C2. The highest BCUT2D eigenvalue weighted by atomic mass is 15.0. The lowest BCUT2D eigenvalue weighted by atomic mass is 9.49. The quantitative estimate of drug-likeness (QED) is 0.163. The lowest BCUT2D eigenvalue weighted by molar-refractivity contribution is 0.0433. The van der Waals surface area contributed by atoms with Gasteiger partial charge in [0.1, 0.15) is 0 Å². The van der Waals surface area contributed by atoms with Crippen LogP contribution in [0.3, 0.4) is 0 Å². The van der Waals surface area contributed by atoms with Crippen molar-refractivity contribution in [3.8, 4) is 67.5 Å². The van der Waals surface area contributed by atoms with Gasteiger partial charge in [-0.2, -0.15) is 0 Å². The molecule has 1 heterocycles. The molecule has 9 aromatic rings. The number of aromatic nitrogens is 3. The van der Waals surface area contributed by atoms with E-state index < -0.39 is 0 Å². The second-order valence-electron chi connectivity index (χ2n) is 18.2. The van der Waals surface area contributed by atoms with Crippen molar-refractivity contribution in [3.63, 3.8) is 0 Å². The normalized spacial score (nSPS) is 21.4. The van der Waals surface area contributed by atoms with Crippen LogP contribution in [0.1, 0.15) is 50.7 Å². The molecule has 0 saturated heterocycles. The predicted molar refractivity (Wildman–Crippen MR) is 252 cm³/mol. The fourth-order valence-corrected chi connectivity index (χ4v) is 12.1. The van der Waals surface area contributed by atoms with Crippen LogP contribution in [0.15, 0.2) is 176 Å². The largest absolute Gasteiger partial charge is 0.208 e. The van der Waals surface area contributed by atoms with Gasteiger partial charge in [0.2, 0.25) is 0 Å². The van der Waals surface area contributed by atoms with E-state index in [9.17, 15) is 0 Å². The third-order valence-electron chi connectivity index (χ3n) is 14.6. The molecule has 3 aliphatic rings. The summed E-state index contributed by atoms with van der Waals surface area (Å²) >= 11 is 0. The van der Waals surface area contributed by atoms with E-state index >= 15 is 0 Å². The first-order valence-corrected chi connectivity index (χ1v) is 22.2. The van der Waals surface area contributed by atoms with Gasteiger partial charge in [0, 0.05) is 22.1 Å². The molecule has 2 saturated carbocycles. The maximum absolute atomic E-state index is 5.03. The molecule has 294 valence electrons. The molecule has 2 bridgehead atoms. The lowest BCUT2D eigenvalue weighted by Gasteiger charge is -2.54. The van der Waals surface area contributed by atoms with Crippen LogP contribution in [0, 0.1) is 23.7 Å². The molecule has 0 aliphatic heterocycles. The zero-order valence-corrected chi connectivity index (χ0v) is 34.7. The van der Waals surface area contributed by atoms with E-state index in [4.69, 9.17) is 15.0 Å². The summed E-state index contributed by atoms with van der Waals surface area (Å²) in [6.07, 6.45) is 5.33. The molecule has 3 heteroatoms. The Bertz CT molecular complexity index is 3090. The molecule has 12 rings (SSSR count). The van der Waals surface area contributed by atoms with Gasteiger partial charge in [0.05, 0.1) is 0 Å². The van der Waals surface area contributed by atoms with E-state index in [2.05, 4.69) is 153 Å². The van der Waals surface area contributed by atoms with E-state index in [0.717, 1.165) is 34.1 Å². The summed E-state index contributed by atoms with van der Waals surface area (Å²) < 4.78 is 0. The van der Waals surface area contributed by atoms with E-state index in [-0.39, 0.29) is 5.41 Å². The molecule has 1 aromatic heterocycles. The predicted octanol–water partition coefficient (Wildman–Crippen LogP) is 14.9. The molecule has 1 spiro atoms. The minimum absolute atomic E-state index is 0.00835. The zero-order chi connectivity index (χ0) is 40.7. The Morgan fingerprint density at radius 2 is 0.967 bits per heavy atom. The average Bonchev–Trinajstić information content (AvgIpc) is 3.61. The van der Waals surface area contributed by atoms with Crippen molar-refractivity contribution in [2.24, 2.45) is 23.7 Å². The maximum Gasteiger partial charge on any atom is 0.164 e. The third kappa shape index (κ3) is 5.89. The van der Waals surface area contributed by atoms with E-state index in [0.29, 0.717) is 29.3 Å². The van der Waals surface area contributed by atoms with Crippen molar-refractivity contribution in [2.75, 3.05) is 0 Å². The smallest absolute Gasteiger partial charge is 0.164 e. The standard InChI is InChI=1S/C58H47N3/c1-36-27-38-29-37(2)58(49(28-36)30-38)53-26-24-46(35-52(53)50-25-23-47-32-41-17-9-10-18-45(41)34-51(47)54(50)58)43-20-11-19-42(31-43)44-21-12-22-48(33-44)57-60-55(39-13-5-3-6-14-39)59-56(61-57)40-15-7-4-8-16-40/h3-26,31-38,49H,27-30H2,1-2H3. The van der Waals surface area contributed by atoms with Gasteiger partial charge in [-0.3, -0.25) is 0 Å². The number of benzene rings is 8. The zero-order valence-electron chi connectivity index (χ0n) is 34.7. The summed E-state index contributed by atoms with van der Waals surface area (Å²) in [5.74, 6) is 4.80. The van der Waals surface area contributed by atoms with E-state index in [1.54, 1.807) is 11.1 Å². The lowest BCUT2D eigenvalue weighted by Crippen LogP contribution is -2.49. The van der Waals surface area contributed by atoms with Crippen LogP contribution >= 0.6 is 0 Å². The summed E-state index contributed by atoms with van der Waals surface area (Å²) in [7, 11) is 0. The number of hydrogen-bond acceptors (Lipinski definition) is 3. The minimum Gasteiger partial charge on any atom is -0.208 e. The number of nitrogens with zero attached hydrogens (tertiary/aromatic N) is 3. The van der Waals surface area contributed by atoms with Crippen LogP contribution in [-0.4, -0.2) is 15.0 Å². The van der Waals surface area contributed by atoms with Gasteiger partial charge in [-0.25, -0.2) is 15.0 Å². The Labute approximate surface area is 358 Å². The monoisotopic (exact) mass is 785 g/mol. The molecule has 0 radical (unpaired) electrons.